The lowest BCUT2D eigenvalue weighted by Crippen LogP contribution is -2.33. The molecule has 0 N–H and O–H groups in total. The molecule has 29 heavy (non-hydrogen) atoms. The zero-order valence-corrected chi connectivity index (χ0v) is 17.1. The number of aromatic nitrogens is 1. The second-order valence-corrected chi connectivity index (χ2v) is 7.27. The number of carbonyl (C=O) groups is 1. The fourth-order valence-corrected chi connectivity index (χ4v) is 3.41. The predicted octanol–water partition coefficient (Wildman–Crippen LogP) is 5.01. The van der Waals surface area contributed by atoms with Crippen molar-refractivity contribution in [3.8, 4) is 0 Å². The Morgan fingerprint density at radius 2 is 1.93 bits per heavy atom. The lowest BCUT2D eigenvalue weighted by Gasteiger charge is -2.24. The van der Waals surface area contributed by atoms with Crippen LogP contribution in [-0.2, 0) is 17.8 Å². The van der Waals surface area contributed by atoms with Gasteiger partial charge in [0, 0.05) is 49.3 Å². The molecule has 2 aromatic carbocycles. The molecule has 0 radical (unpaired) electrons. The Kier molecular flexibility index (Phi) is 7.44. The number of rotatable bonds is 9. The first-order valence-corrected chi connectivity index (χ1v) is 9.87. The quantitative estimate of drug-likeness (QED) is 0.461. The smallest absolute Gasteiger partial charge is 0.254 e. The summed E-state index contributed by atoms with van der Waals surface area (Å²) in [7, 11) is 1.64. The molecule has 0 saturated carbocycles. The standard InChI is InChI=1S/C23H24ClFN2O2/c1-29-14-4-13-27(23(28)19-8-10-21(25)11-9-19)17-22-7-3-12-26(22)16-18-5-2-6-20(24)15-18/h2-3,5-12,15H,4,13-14,16-17H2,1H3. The van der Waals surface area contributed by atoms with Crippen LogP contribution in [-0.4, -0.2) is 35.6 Å². The highest BCUT2D eigenvalue weighted by molar-refractivity contribution is 6.30. The van der Waals surface area contributed by atoms with E-state index in [0.29, 0.717) is 36.8 Å². The number of amides is 1. The van der Waals surface area contributed by atoms with Crippen molar-refractivity contribution in [1.82, 2.24) is 9.47 Å². The lowest BCUT2D eigenvalue weighted by molar-refractivity contribution is 0.0720. The van der Waals surface area contributed by atoms with Crippen LogP contribution < -0.4 is 0 Å². The van der Waals surface area contributed by atoms with Gasteiger partial charge in [-0.05, 0) is 60.5 Å². The fraction of sp³-hybridized carbons (Fsp3) is 0.261. The van der Waals surface area contributed by atoms with Crippen LogP contribution in [0.15, 0.2) is 66.9 Å². The van der Waals surface area contributed by atoms with Crippen molar-refractivity contribution in [3.63, 3.8) is 0 Å². The van der Waals surface area contributed by atoms with Crippen molar-refractivity contribution in [1.29, 1.82) is 0 Å². The molecule has 4 nitrogen and oxygen atoms in total. The minimum absolute atomic E-state index is 0.128. The van der Waals surface area contributed by atoms with E-state index < -0.39 is 0 Å². The Morgan fingerprint density at radius 1 is 1.14 bits per heavy atom. The summed E-state index contributed by atoms with van der Waals surface area (Å²) in [4.78, 5) is 14.8. The van der Waals surface area contributed by atoms with Gasteiger partial charge in [0.1, 0.15) is 5.82 Å². The van der Waals surface area contributed by atoms with E-state index in [4.69, 9.17) is 16.3 Å². The molecule has 0 aliphatic rings. The van der Waals surface area contributed by atoms with Crippen LogP contribution in [0.1, 0.15) is 28.0 Å². The van der Waals surface area contributed by atoms with E-state index in [1.807, 2.05) is 42.6 Å². The normalized spacial score (nSPS) is 10.9. The Balaban J connectivity index is 1.78. The van der Waals surface area contributed by atoms with Gasteiger partial charge in [0.15, 0.2) is 0 Å². The molecule has 1 heterocycles. The van der Waals surface area contributed by atoms with E-state index in [9.17, 15) is 9.18 Å². The first kappa shape index (κ1) is 21.1. The molecule has 0 aliphatic carbocycles. The van der Waals surface area contributed by atoms with Crippen molar-refractivity contribution in [2.75, 3.05) is 20.3 Å². The second kappa shape index (κ2) is 10.2. The molecule has 0 unspecified atom stereocenters. The molecule has 0 spiro atoms. The topological polar surface area (TPSA) is 34.5 Å². The largest absolute Gasteiger partial charge is 0.385 e. The van der Waals surface area contributed by atoms with E-state index in [-0.39, 0.29) is 11.7 Å². The van der Waals surface area contributed by atoms with Gasteiger partial charge in [0.25, 0.3) is 5.91 Å². The van der Waals surface area contributed by atoms with E-state index in [0.717, 1.165) is 17.7 Å². The molecule has 1 amide bonds. The van der Waals surface area contributed by atoms with E-state index in [1.165, 1.54) is 24.3 Å². The monoisotopic (exact) mass is 414 g/mol. The third-order valence-electron chi connectivity index (χ3n) is 4.67. The van der Waals surface area contributed by atoms with Crippen LogP contribution in [0.4, 0.5) is 4.39 Å². The van der Waals surface area contributed by atoms with Gasteiger partial charge in [0.05, 0.1) is 6.54 Å². The highest BCUT2D eigenvalue weighted by Gasteiger charge is 2.17. The summed E-state index contributed by atoms with van der Waals surface area (Å²) in [5, 5.41) is 0.698. The van der Waals surface area contributed by atoms with Crippen molar-refractivity contribution >= 4 is 17.5 Å². The number of halogens is 2. The van der Waals surface area contributed by atoms with Gasteiger partial charge in [-0.3, -0.25) is 4.79 Å². The van der Waals surface area contributed by atoms with Crippen LogP contribution in [0.2, 0.25) is 5.02 Å². The Hall–Kier alpha value is -2.63. The summed E-state index contributed by atoms with van der Waals surface area (Å²) in [5.74, 6) is -0.487. The van der Waals surface area contributed by atoms with Gasteiger partial charge < -0.3 is 14.2 Å². The van der Waals surface area contributed by atoms with E-state index in [2.05, 4.69) is 4.57 Å². The first-order valence-electron chi connectivity index (χ1n) is 9.49. The number of ether oxygens (including phenoxy) is 1. The molecule has 6 heteroatoms. The molecule has 3 rings (SSSR count). The van der Waals surface area contributed by atoms with Crippen molar-refractivity contribution < 1.29 is 13.9 Å². The lowest BCUT2D eigenvalue weighted by atomic mass is 10.1. The summed E-state index contributed by atoms with van der Waals surface area (Å²) in [6.45, 7) is 2.23. The number of carbonyl (C=O) groups excluding carboxylic acids is 1. The zero-order chi connectivity index (χ0) is 20.6. The maximum atomic E-state index is 13.2. The average molecular weight is 415 g/mol. The van der Waals surface area contributed by atoms with Gasteiger partial charge >= 0.3 is 0 Å². The second-order valence-electron chi connectivity index (χ2n) is 6.84. The number of hydrogen-bond donors (Lipinski definition) is 0. The molecule has 152 valence electrons. The number of nitrogens with zero attached hydrogens (tertiary/aromatic N) is 2. The minimum atomic E-state index is -0.358. The molecular weight excluding hydrogens is 391 g/mol. The molecule has 0 bridgehead atoms. The van der Waals surface area contributed by atoms with Crippen LogP contribution in [0.25, 0.3) is 0 Å². The van der Waals surface area contributed by atoms with Crippen LogP contribution in [0.5, 0.6) is 0 Å². The van der Waals surface area contributed by atoms with Crippen LogP contribution >= 0.6 is 11.6 Å². The number of hydrogen-bond acceptors (Lipinski definition) is 2. The molecule has 1 aromatic heterocycles. The Morgan fingerprint density at radius 3 is 2.66 bits per heavy atom. The number of benzene rings is 2. The van der Waals surface area contributed by atoms with Crippen molar-refractivity contribution in [2.24, 2.45) is 0 Å². The summed E-state index contributed by atoms with van der Waals surface area (Å²) in [6.07, 6.45) is 2.71. The summed E-state index contributed by atoms with van der Waals surface area (Å²) < 4.78 is 20.5. The van der Waals surface area contributed by atoms with E-state index in [1.54, 1.807) is 12.0 Å². The summed E-state index contributed by atoms with van der Waals surface area (Å²) in [5.41, 5.74) is 2.57. The summed E-state index contributed by atoms with van der Waals surface area (Å²) in [6, 6.07) is 17.4. The van der Waals surface area contributed by atoms with Gasteiger partial charge in [-0.15, -0.1) is 0 Å². The van der Waals surface area contributed by atoms with Gasteiger partial charge in [-0.1, -0.05) is 23.7 Å². The summed E-state index contributed by atoms with van der Waals surface area (Å²) >= 11 is 6.10. The maximum absolute atomic E-state index is 13.2. The molecule has 0 fully saturated rings. The van der Waals surface area contributed by atoms with E-state index >= 15 is 0 Å². The van der Waals surface area contributed by atoms with Gasteiger partial charge in [-0.2, -0.15) is 0 Å². The maximum Gasteiger partial charge on any atom is 0.254 e. The third kappa shape index (κ3) is 5.92. The Labute approximate surface area is 175 Å². The van der Waals surface area contributed by atoms with Crippen LogP contribution in [0.3, 0.4) is 0 Å². The minimum Gasteiger partial charge on any atom is -0.385 e. The van der Waals surface area contributed by atoms with Crippen molar-refractivity contribution in [2.45, 2.75) is 19.5 Å². The molecule has 0 aliphatic heterocycles. The predicted molar refractivity (Wildman–Crippen MR) is 113 cm³/mol. The fourth-order valence-electron chi connectivity index (χ4n) is 3.20. The molecular formula is C23H24ClFN2O2. The van der Waals surface area contributed by atoms with Crippen molar-refractivity contribution in [3.05, 3.63) is 94.5 Å². The number of methoxy groups -OCH3 is 1. The first-order chi connectivity index (χ1) is 14.1. The SMILES string of the molecule is COCCCN(Cc1cccn1Cc1cccc(Cl)c1)C(=O)c1ccc(F)cc1. The van der Waals surface area contributed by atoms with Gasteiger partial charge in [-0.25, -0.2) is 4.39 Å². The van der Waals surface area contributed by atoms with Crippen LogP contribution in [0, 0.1) is 5.82 Å². The van der Waals surface area contributed by atoms with Gasteiger partial charge in [0.2, 0.25) is 0 Å². The average Bonchev–Trinajstić information content (AvgIpc) is 3.14. The zero-order valence-electron chi connectivity index (χ0n) is 16.4. The molecule has 3 aromatic rings. The Bertz CT molecular complexity index is 940. The third-order valence-corrected chi connectivity index (χ3v) is 4.91. The molecule has 0 saturated heterocycles. The molecule has 0 atom stereocenters. The highest BCUT2D eigenvalue weighted by atomic mass is 35.5. The highest BCUT2D eigenvalue weighted by Crippen LogP contribution is 2.16.